The fraction of sp³-hybridized carbons (Fsp3) is 0.273. The molecule has 0 atom stereocenters. The first-order chi connectivity index (χ1) is 8.60. The van der Waals surface area contributed by atoms with Crippen LogP contribution >= 0.6 is 34.3 Å². The SMILES string of the molecule is CON(C)C(=O)Cc1csc(-c2ccc(Cl)s2)n1. The Morgan fingerprint density at radius 2 is 2.33 bits per heavy atom. The number of likely N-dealkylation sites (N-methyl/N-ethyl adjacent to an activating group) is 1. The molecule has 1 amide bonds. The molecule has 0 spiro atoms. The van der Waals surface area contributed by atoms with Crippen molar-refractivity contribution in [2.24, 2.45) is 0 Å². The zero-order valence-electron chi connectivity index (χ0n) is 9.84. The molecule has 0 aliphatic heterocycles. The molecule has 0 saturated carbocycles. The predicted octanol–water partition coefficient (Wildman–Crippen LogP) is 3.09. The molecule has 2 rings (SSSR count). The lowest BCUT2D eigenvalue weighted by atomic mass is 10.3. The van der Waals surface area contributed by atoms with Gasteiger partial charge in [-0.05, 0) is 12.1 Å². The molecule has 2 aromatic heterocycles. The average molecular weight is 303 g/mol. The Bertz CT molecular complexity index is 553. The maximum atomic E-state index is 11.6. The number of halogens is 1. The van der Waals surface area contributed by atoms with Gasteiger partial charge in [0, 0.05) is 12.4 Å². The van der Waals surface area contributed by atoms with Gasteiger partial charge in [0.2, 0.25) is 0 Å². The molecule has 7 heteroatoms. The van der Waals surface area contributed by atoms with E-state index in [0.717, 1.165) is 19.9 Å². The number of hydrogen-bond donors (Lipinski definition) is 0. The van der Waals surface area contributed by atoms with Gasteiger partial charge < -0.3 is 0 Å². The van der Waals surface area contributed by atoms with Crippen molar-refractivity contribution in [1.82, 2.24) is 10.0 Å². The highest BCUT2D eigenvalue weighted by atomic mass is 35.5. The van der Waals surface area contributed by atoms with E-state index in [1.807, 2.05) is 17.5 Å². The second-order valence-corrected chi connectivity index (χ2v) is 6.07. The number of rotatable bonds is 4. The Hall–Kier alpha value is -0.950. The number of hydroxylamine groups is 2. The fourth-order valence-corrected chi connectivity index (χ4v) is 3.23. The normalized spacial score (nSPS) is 10.6. The van der Waals surface area contributed by atoms with Gasteiger partial charge in [0.15, 0.2) is 0 Å². The lowest BCUT2D eigenvalue weighted by Crippen LogP contribution is -2.27. The zero-order chi connectivity index (χ0) is 13.1. The molecule has 0 unspecified atom stereocenters. The topological polar surface area (TPSA) is 42.4 Å². The number of amides is 1. The van der Waals surface area contributed by atoms with Crippen molar-refractivity contribution in [1.29, 1.82) is 0 Å². The van der Waals surface area contributed by atoms with Crippen LogP contribution in [0.3, 0.4) is 0 Å². The molecule has 2 heterocycles. The molecule has 0 aliphatic rings. The molecule has 0 bridgehead atoms. The van der Waals surface area contributed by atoms with Crippen LogP contribution in [0.2, 0.25) is 4.34 Å². The van der Waals surface area contributed by atoms with Crippen LogP contribution in [0.4, 0.5) is 0 Å². The van der Waals surface area contributed by atoms with Gasteiger partial charge in [0.1, 0.15) is 5.01 Å². The lowest BCUT2D eigenvalue weighted by molar-refractivity contribution is -0.167. The first kappa shape index (κ1) is 13.5. The van der Waals surface area contributed by atoms with Crippen LogP contribution < -0.4 is 0 Å². The predicted molar refractivity (Wildman–Crippen MR) is 73.9 cm³/mol. The molecular formula is C11H11ClN2O2S2. The summed E-state index contributed by atoms with van der Waals surface area (Å²) in [6, 6.07) is 3.77. The summed E-state index contributed by atoms with van der Waals surface area (Å²) in [5.74, 6) is -0.126. The highest BCUT2D eigenvalue weighted by molar-refractivity contribution is 7.23. The van der Waals surface area contributed by atoms with Gasteiger partial charge in [-0.25, -0.2) is 10.0 Å². The van der Waals surface area contributed by atoms with E-state index in [1.165, 1.54) is 34.8 Å². The minimum absolute atomic E-state index is 0.126. The Morgan fingerprint density at radius 3 is 2.94 bits per heavy atom. The second-order valence-electron chi connectivity index (χ2n) is 3.50. The molecule has 96 valence electrons. The van der Waals surface area contributed by atoms with Gasteiger partial charge >= 0.3 is 0 Å². The second kappa shape index (κ2) is 5.79. The van der Waals surface area contributed by atoms with Crippen LogP contribution in [0.25, 0.3) is 9.88 Å². The maximum Gasteiger partial charge on any atom is 0.251 e. The molecule has 2 aromatic rings. The van der Waals surface area contributed by atoms with Crippen molar-refractivity contribution in [2.45, 2.75) is 6.42 Å². The maximum absolute atomic E-state index is 11.6. The molecule has 0 aliphatic carbocycles. The molecule has 0 N–H and O–H groups in total. The van der Waals surface area contributed by atoms with Gasteiger partial charge in [-0.15, -0.1) is 22.7 Å². The highest BCUT2D eigenvalue weighted by Crippen LogP contribution is 2.32. The number of carbonyl (C=O) groups is 1. The number of thiazole rings is 1. The standard InChI is InChI=1S/C11H11ClN2O2S2/c1-14(16-2)10(15)5-7-6-17-11(13-7)8-3-4-9(12)18-8/h3-4,6H,5H2,1-2H3. The van der Waals surface area contributed by atoms with Crippen molar-refractivity contribution in [3.8, 4) is 9.88 Å². The van der Waals surface area contributed by atoms with E-state index in [9.17, 15) is 4.79 Å². The fourth-order valence-electron chi connectivity index (χ4n) is 1.30. The van der Waals surface area contributed by atoms with E-state index >= 15 is 0 Å². The first-order valence-corrected chi connectivity index (χ1v) is 7.18. The van der Waals surface area contributed by atoms with E-state index in [-0.39, 0.29) is 12.3 Å². The van der Waals surface area contributed by atoms with Crippen molar-refractivity contribution in [2.75, 3.05) is 14.2 Å². The Morgan fingerprint density at radius 1 is 1.56 bits per heavy atom. The van der Waals surface area contributed by atoms with Crippen molar-refractivity contribution in [3.05, 3.63) is 27.5 Å². The van der Waals surface area contributed by atoms with E-state index in [0.29, 0.717) is 0 Å². The van der Waals surface area contributed by atoms with Crippen LogP contribution in [0.1, 0.15) is 5.69 Å². The third-order valence-corrected chi connectivity index (χ3v) is 4.58. The Balaban J connectivity index is 2.09. The number of thiophene rings is 1. The molecule has 0 aromatic carbocycles. The smallest absolute Gasteiger partial charge is 0.251 e. The van der Waals surface area contributed by atoms with Gasteiger partial charge in [-0.1, -0.05) is 11.6 Å². The quantitative estimate of drug-likeness (QED) is 0.815. The van der Waals surface area contributed by atoms with Gasteiger partial charge in [0.05, 0.1) is 28.4 Å². The summed E-state index contributed by atoms with van der Waals surface area (Å²) in [6.45, 7) is 0. The lowest BCUT2D eigenvalue weighted by Gasteiger charge is -2.12. The number of carbonyl (C=O) groups excluding carboxylic acids is 1. The molecular weight excluding hydrogens is 292 g/mol. The van der Waals surface area contributed by atoms with E-state index in [4.69, 9.17) is 16.4 Å². The summed E-state index contributed by atoms with van der Waals surface area (Å²) in [4.78, 5) is 21.9. The van der Waals surface area contributed by atoms with Crippen molar-refractivity contribution >= 4 is 40.2 Å². The minimum atomic E-state index is -0.126. The van der Waals surface area contributed by atoms with E-state index in [2.05, 4.69) is 4.98 Å². The Labute approximate surface area is 118 Å². The van der Waals surface area contributed by atoms with Crippen LogP contribution in [-0.4, -0.2) is 30.1 Å². The van der Waals surface area contributed by atoms with Crippen molar-refractivity contribution in [3.63, 3.8) is 0 Å². The van der Waals surface area contributed by atoms with Crippen LogP contribution in [-0.2, 0) is 16.1 Å². The third kappa shape index (κ3) is 3.08. The van der Waals surface area contributed by atoms with Crippen LogP contribution in [0, 0.1) is 0 Å². The van der Waals surface area contributed by atoms with Gasteiger partial charge in [-0.2, -0.15) is 0 Å². The zero-order valence-corrected chi connectivity index (χ0v) is 12.2. The molecule has 4 nitrogen and oxygen atoms in total. The van der Waals surface area contributed by atoms with Crippen LogP contribution in [0.5, 0.6) is 0 Å². The number of hydrogen-bond acceptors (Lipinski definition) is 5. The molecule has 0 radical (unpaired) electrons. The van der Waals surface area contributed by atoms with Crippen LogP contribution in [0.15, 0.2) is 17.5 Å². The monoisotopic (exact) mass is 302 g/mol. The Kier molecular flexibility index (Phi) is 4.34. The minimum Gasteiger partial charge on any atom is -0.275 e. The molecule has 0 saturated heterocycles. The summed E-state index contributed by atoms with van der Waals surface area (Å²) >= 11 is 8.86. The van der Waals surface area contributed by atoms with Gasteiger partial charge in [0.25, 0.3) is 5.91 Å². The summed E-state index contributed by atoms with van der Waals surface area (Å²) in [7, 11) is 3.03. The van der Waals surface area contributed by atoms with Gasteiger partial charge in [-0.3, -0.25) is 9.63 Å². The summed E-state index contributed by atoms with van der Waals surface area (Å²) in [5.41, 5.74) is 0.744. The summed E-state index contributed by atoms with van der Waals surface area (Å²) in [5, 5.41) is 3.96. The van der Waals surface area contributed by atoms with Crippen molar-refractivity contribution < 1.29 is 9.63 Å². The summed E-state index contributed by atoms with van der Waals surface area (Å²) in [6.07, 6.45) is 0.236. The van der Waals surface area contributed by atoms with E-state index < -0.39 is 0 Å². The third-order valence-electron chi connectivity index (χ3n) is 2.29. The first-order valence-electron chi connectivity index (χ1n) is 5.11. The highest BCUT2D eigenvalue weighted by Gasteiger charge is 2.13. The average Bonchev–Trinajstić information content (AvgIpc) is 2.96. The molecule has 0 fully saturated rings. The van der Waals surface area contributed by atoms with E-state index in [1.54, 1.807) is 7.05 Å². The number of aromatic nitrogens is 1. The number of nitrogens with zero attached hydrogens (tertiary/aromatic N) is 2. The molecule has 18 heavy (non-hydrogen) atoms. The largest absolute Gasteiger partial charge is 0.275 e. The summed E-state index contributed by atoms with van der Waals surface area (Å²) < 4.78 is 0.733.